The topological polar surface area (TPSA) is 34.1 Å². The van der Waals surface area contributed by atoms with E-state index in [9.17, 15) is 4.79 Å². The number of aromatic nitrogens is 1. The molecule has 0 fully saturated rings. The summed E-state index contributed by atoms with van der Waals surface area (Å²) in [5.74, 6) is 0. The molecule has 0 aliphatic rings. The van der Waals surface area contributed by atoms with Crippen molar-refractivity contribution in [1.29, 1.82) is 0 Å². The van der Waals surface area contributed by atoms with E-state index < -0.39 is 0 Å². The molecule has 0 saturated carbocycles. The highest BCUT2D eigenvalue weighted by atomic mass is 16.4. The van der Waals surface area contributed by atoms with Crippen molar-refractivity contribution in [3.05, 3.63) is 100 Å². The second kappa shape index (κ2) is 6.60. The fourth-order valence-corrected chi connectivity index (χ4v) is 3.27. The summed E-state index contributed by atoms with van der Waals surface area (Å²) in [7, 11) is 0. The van der Waals surface area contributed by atoms with Gasteiger partial charge < -0.3 is 4.42 Å². The Kier molecular flexibility index (Phi) is 4.13. The Bertz CT molecular complexity index is 1140. The van der Waals surface area contributed by atoms with Crippen molar-refractivity contribution in [3.63, 3.8) is 0 Å². The van der Waals surface area contributed by atoms with Crippen LogP contribution in [0.5, 0.6) is 0 Å². The molecule has 0 amide bonds. The number of hydrogen-bond donors (Lipinski definition) is 0. The summed E-state index contributed by atoms with van der Waals surface area (Å²) < 4.78 is 7.58. The lowest BCUT2D eigenvalue weighted by Crippen LogP contribution is -2.33. The zero-order valence-corrected chi connectivity index (χ0v) is 14.9. The minimum absolute atomic E-state index is 0.305. The van der Waals surface area contributed by atoms with E-state index in [0.717, 1.165) is 27.6 Å². The van der Waals surface area contributed by atoms with Crippen molar-refractivity contribution in [1.82, 2.24) is 0 Å². The lowest BCUT2D eigenvalue weighted by atomic mass is 10.0. The summed E-state index contributed by atoms with van der Waals surface area (Å²) in [6.45, 7) is 4.64. The Morgan fingerprint density at radius 2 is 1.69 bits per heavy atom. The van der Waals surface area contributed by atoms with Gasteiger partial charge in [0.1, 0.15) is 5.58 Å². The van der Waals surface area contributed by atoms with Crippen molar-refractivity contribution < 1.29 is 8.98 Å². The van der Waals surface area contributed by atoms with Crippen molar-refractivity contribution in [2.75, 3.05) is 0 Å². The third-order valence-corrected chi connectivity index (χ3v) is 4.84. The van der Waals surface area contributed by atoms with E-state index in [1.165, 1.54) is 5.56 Å². The van der Waals surface area contributed by atoms with E-state index in [4.69, 9.17) is 4.42 Å². The molecule has 26 heavy (non-hydrogen) atoms. The molecular weight excluding hydrogens is 322 g/mol. The Morgan fingerprint density at radius 3 is 2.50 bits per heavy atom. The fraction of sp³-hybridized carbons (Fsp3) is 0.130. The summed E-state index contributed by atoms with van der Waals surface area (Å²) in [6, 6.07) is 20.1. The van der Waals surface area contributed by atoms with Crippen LogP contribution >= 0.6 is 0 Å². The molecule has 2 aromatic carbocycles. The van der Waals surface area contributed by atoms with Gasteiger partial charge in [0, 0.05) is 28.6 Å². The third-order valence-electron chi connectivity index (χ3n) is 4.84. The number of benzene rings is 2. The number of fused-ring (bicyclic) bond motifs is 1. The molecule has 0 saturated heterocycles. The standard InChI is InChI=1S/C23H20NO2/c1-16-10-11-21-20(13-22(25)26-23(21)17(16)2)15-24-12-6-9-19(14-24)18-7-4-3-5-8-18/h3-14H,15H2,1-2H3/q+1. The van der Waals surface area contributed by atoms with Crippen LogP contribution in [0.4, 0.5) is 0 Å². The molecule has 4 rings (SSSR count). The minimum atomic E-state index is -0.305. The van der Waals surface area contributed by atoms with E-state index in [1.54, 1.807) is 6.07 Å². The maximum absolute atomic E-state index is 12.1. The lowest BCUT2D eigenvalue weighted by Gasteiger charge is -2.07. The van der Waals surface area contributed by atoms with Gasteiger partial charge in [-0.1, -0.05) is 42.5 Å². The van der Waals surface area contributed by atoms with Gasteiger partial charge in [0.25, 0.3) is 0 Å². The lowest BCUT2D eigenvalue weighted by molar-refractivity contribution is -0.687. The molecule has 0 radical (unpaired) electrons. The minimum Gasteiger partial charge on any atom is -0.422 e. The Labute approximate surface area is 152 Å². The predicted molar refractivity (Wildman–Crippen MR) is 103 cm³/mol. The maximum Gasteiger partial charge on any atom is 0.336 e. The monoisotopic (exact) mass is 342 g/mol. The first kappa shape index (κ1) is 16.3. The number of nitrogens with zero attached hydrogens (tertiary/aromatic N) is 1. The first-order valence-electron chi connectivity index (χ1n) is 8.69. The molecule has 4 aromatic rings. The molecule has 0 spiro atoms. The SMILES string of the molecule is Cc1ccc2c(C[n+]3cccc(-c4ccccc4)c3)cc(=O)oc2c1C. The smallest absolute Gasteiger partial charge is 0.336 e. The van der Waals surface area contributed by atoms with Crippen LogP contribution in [0.15, 0.2) is 82.3 Å². The highest BCUT2D eigenvalue weighted by molar-refractivity contribution is 5.83. The van der Waals surface area contributed by atoms with Crippen LogP contribution in [-0.2, 0) is 6.54 Å². The van der Waals surface area contributed by atoms with E-state index in [1.807, 2.05) is 50.4 Å². The molecule has 3 heteroatoms. The molecule has 2 heterocycles. The highest BCUT2D eigenvalue weighted by Gasteiger charge is 2.13. The molecule has 2 aromatic heterocycles. The third kappa shape index (κ3) is 3.04. The van der Waals surface area contributed by atoms with Crippen LogP contribution in [0.3, 0.4) is 0 Å². The molecule has 128 valence electrons. The zero-order valence-electron chi connectivity index (χ0n) is 14.9. The van der Waals surface area contributed by atoms with Crippen LogP contribution in [-0.4, -0.2) is 0 Å². The largest absolute Gasteiger partial charge is 0.422 e. The zero-order chi connectivity index (χ0) is 18.1. The number of hydrogen-bond acceptors (Lipinski definition) is 2. The van der Waals surface area contributed by atoms with E-state index in [0.29, 0.717) is 12.1 Å². The quantitative estimate of drug-likeness (QED) is 0.408. The molecule has 0 unspecified atom stereocenters. The van der Waals surface area contributed by atoms with Gasteiger partial charge in [0.05, 0.1) is 0 Å². The van der Waals surface area contributed by atoms with E-state index >= 15 is 0 Å². The molecule has 0 aliphatic heterocycles. The van der Waals surface area contributed by atoms with Crippen molar-refractivity contribution >= 4 is 11.0 Å². The van der Waals surface area contributed by atoms with Gasteiger partial charge in [0.2, 0.25) is 0 Å². The average Bonchev–Trinajstić information content (AvgIpc) is 2.66. The number of aryl methyl sites for hydroxylation is 2. The summed E-state index contributed by atoms with van der Waals surface area (Å²) in [5, 5.41) is 0.991. The number of pyridine rings is 1. The van der Waals surface area contributed by atoms with Gasteiger partial charge in [-0.25, -0.2) is 9.36 Å². The first-order chi connectivity index (χ1) is 12.6. The summed E-state index contributed by atoms with van der Waals surface area (Å²) in [4.78, 5) is 12.1. The maximum atomic E-state index is 12.1. The van der Waals surface area contributed by atoms with E-state index in [2.05, 4.69) is 35.0 Å². The van der Waals surface area contributed by atoms with E-state index in [-0.39, 0.29) is 5.63 Å². The predicted octanol–water partition coefficient (Wildman–Crippen LogP) is 4.41. The van der Waals surface area contributed by atoms with Crippen LogP contribution in [0.2, 0.25) is 0 Å². The van der Waals surface area contributed by atoms with Crippen molar-refractivity contribution in [2.45, 2.75) is 20.4 Å². The van der Waals surface area contributed by atoms with Gasteiger partial charge in [-0.3, -0.25) is 0 Å². The second-order valence-electron chi connectivity index (χ2n) is 6.61. The first-order valence-corrected chi connectivity index (χ1v) is 8.69. The Morgan fingerprint density at radius 1 is 0.923 bits per heavy atom. The molecule has 0 bridgehead atoms. The summed E-state index contributed by atoms with van der Waals surface area (Å²) >= 11 is 0. The van der Waals surface area contributed by atoms with Gasteiger partial charge in [-0.05, 0) is 36.6 Å². The van der Waals surface area contributed by atoms with Crippen molar-refractivity contribution in [2.24, 2.45) is 0 Å². The summed E-state index contributed by atoms with van der Waals surface area (Å²) in [6.07, 6.45) is 4.13. The van der Waals surface area contributed by atoms with Crippen LogP contribution in [0.25, 0.3) is 22.1 Å². The van der Waals surface area contributed by atoms with Crippen LogP contribution in [0, 0.1) is 13.8 Å². The Hall–Kier alpha value is -3.20. The second-order valence-corrected chi connectivity index (χ2v) is 6.61. The average molecular weight is 342 g/mol. The van der Waals surface area contributed by atoms with Crippen molar-refractivity contribution in [3.8, 4) is 11.1 Å². The molecule has 0 aliphatic carbocycles. The van der Waals surface area contributed by atoms with Crippen LogP contribution < -0.4 is 10.2 Å². The molecular formula is C23H20NO2+. The molecule has 0 atom stereocenters. The van der Waals surface area contributed by atoms with Gasteiger partial charge in [-0.15, -0.1) is 0 Å². The highest BCUT2D eigenvalue weighted by Crippen LogP contribution is 2.23. The fourth-order valence-electron chi connectivity index (χ4n) is 3.27. The molecule has 3 nitrogen and oxygen atoms in total. The van der Waals surface area contributed by atoms with Gasteiger partial charge in [0.15, 0.2) is 18.9 Å². The number of rotatable bonds is 3. The Balaban J connectivity index is 1.79. The molecule has 0 N–H and O–H groups in total. The van der Waals surface area contributed by atoms with Gasteiger partial charge in [-0.2, -0.15) is 0 Å². The normalized spacial score (nSPS) is 11.0. The van der Waals surface area contributed by atoms with Gasteiger partial charge >= 0.3 is 5.63 Å². The van der Waals surface area contributed by atoms with Crippen LogP contribution in [0.1, 0.15) is 16.7 Å². The summed E-state index contributed by atoms with van der Waals surface area (Å²) in [5.41, 5.74) is 5.81.